The highest BCUT2D eigenvalue weighted by atomic mass is 35.5. The maximum atomic E-state index is 8.49. The summed E-state index contributed by atoms with van der Waals surface area (Å²) in [7, 11) is 0. The van der Waals surface area contributed by atoms with Crippen molar-refractivity contribution in [1.29, 1.82) is 0 Å². The molecule has 11 heavy (non-hydrogen) atoms. The van der Waals surface area contributed by atoms with Gasteiger partial charge in [-0.1, -0.05) is 18.5 Å². The van der Waals surface area contributed by atoms with Crippen LogP contribution in [0, 0.1) is 0 Å². The Hall–Kier alpha value is -0.0900. The number of hydroxylamine groups is 1. The highest BCUT2D eigenvalue weighted by molar-refractivity contribution is 7.12. The summed E-state index contributed by atoms with van der Waals surface area (Å²) >= 11 is 7.32. The lowest BCUT2D eigenvalue weighted by atomic mass is 10.4. The highest BCUT2D eigenvalue weighted by Crippen LogP contribution is 2.25. The van der Waals surface area contributed by atoms with Crippen molar-refractivity contribution in [2.75, 3.05) is 0 Å². The first-order chi connectivity index (χ1) is 5.27. The molecule has 1 aromatic heterocycles. The molecule has 0 aliphatic heterocycles. The molecule has 1 heterocycles. The maximum Gasteiger partial charge on any atom is 0.140 e. The number of thiophene rings is 1. The second kappa shape index (κ2) is 4.07. The van der Waals surface area contributed by atoms with E-state index in [9.17, 15) is 0 Å². The lowest BCUT2D eigenvalue weighted by molar-refractivity contribution is 0.156. The Labute approximate surface area is 74.8 Å². The molecular weight excluding hydrogens is 182 g/mol. The van der Waals surface area contributed by atoms with Gasteiger partial charge in [-0.2, -0.15) is 5.48 Å². The van der Waals surface area contributed by atoms with E-state index in [1.54, 1.807) is 11.3 Å². The molecule has 0 amide bonds. The molecule has 1 atom stereocenters. The zero-order valence-electron chi connectivity index (χ0n) is 6.17. The van der Waals surface area contributed by atoms with Crippen molar-refractivity contribution in [3.05, 3.63) is 21.9 Å². The van der Waals surface area contributed by atoms with Gasteiger partial charge in [0, 0.05) is 9.75 Å². The van der Waals surface area contributed by atoms with Gasteiger partial charge < -0.3 is 5.21 Å². The molecule has 0 spiro atoms. The third kappa shape index (κ3) is 2.17. The van der Waals surface area contributed by atoms with Gasteiger partial charge in [-0.15, -0.1) is 11.3 Å². The summed E-state index contributed by atoms with van der Waals surface area (Å²) < 4.78 is 0. The van der Waals surface area contributed by atoms with Crippen molar-refractivity contribution in [2.24, 2.45) is 0 Å². The summed E-state index contributed by atoms with van der Waals surface area (Å²) in [4.78, 5) is 2.23. The third-order valence-corrected chi connectivity index (χ3v) is 3.15. The van der Waals surface area contributed by atoms with Crippen LogP contribution in [0.5, 0.6) is 0 Å². The molecule has 1 rings (SSSR count). The Morgan fingerprint density at radius 1 is 1.73 bits per heavy atom. The lowest BCUT2D eigenvalue weighted by Gasteiger charge is -2.01. The predicted molar refractivity (Wildman–Crippen MR) is 47.2 cm³/mol. The quantitative estimate of drug-likeness (QED) is 0.437. The van der Waals surface area contributed by atoms with E-state index >= 15 is 0 Å². The third-order valence-electron chi connectivity index (χ3n) is 1.39. The lowest BCUT2D eigenvalue weighted by Crippen LogP contribution is -2.08. The van der Waals surface area contributed by atoms with Gasteiger partial charge in [0.1, 0.15) is 5.50 Å². The van der Waals surface area contributed by atoms with Gasteiger partial charge in [-0.25, -0.2) is 0 Å². The molecule has 1 aromatic rings. The number of hydrogen-bond acceptors (Lipinski definition) is 3. The Morgan fingerprint density at radius 2 is 2.45 bits per heavy atom. The Bertz CT molecular complexity index is 226. The van der Waals surface area contributed by atoms with Gasteiger partial charge in [-0.3, -0.25) is 0 Å². The summed E-state index contributed by atoms with van der Waals surface area (Å²) in [6.45, 7) is 2.09. The van der Waals surface area contributed by atoms with Crippen LogP contribution >= 0.6 is 22.9 Å². The fraction of sp³-hybridized carbons (Fsp3) is 0.429. The number of rotatable bonds is 3. The number of nitrogens with one attached hydrogen (secondary N) is 1. The zero-order chi connectivity index (χ0) is 8.27. The first-order valence-corrected chi connectivity index (χ1v) is 4.65. The highest BCUT2D eigenvalue weighted by Gasteiger charge is 2.07. The second-order valence-corrected chi connectivity index (χ2v) is 3.79. The summed E-state index contributed by atoms with van der Waals surface area (Å²) in [6.07, 6.45) is 1.01. The van der Waals surface area contributed by atoms with Crippen LogP contribution in [0.3, 0.4) is 0 Å². The van der Waals surface area contributed by atoms with Crippen molar-refractivity contribution in [3.63, 3.8) is 0 Å². The van der Waals surface area contributed by atoms with Crippen LogP contribution in [0.1, 0.15) is 22.2 Å². The van der Waals surface area contributed by atoms with Gasteiger partial charge in [0.2, 0.25) is 0 Å². The average Bonchev–Trinajstić information content (AvgIpc) is 2.50. The van der Waals surface area contributed by atoms with E-state index in [1.807, 2.05) is 17.6 Å². The van der Waals surface area contributed by atoms with E-state index in [4.69, 9.17) is 16.8 Å². The van der Waals surface area contributed by atoms with E-state index in [0.717, 1.165) is 11.3 Å². The fourth-order valence-electron chi connectivity index (χ4n) is 0.784. The molecule has 0 bridgehead atoms. The topological polar surface area (TPSA) is 32.3 Å². The molecule has 0 radical (unpaired) electrons. The van der Waals surface area contributed by atoms with Crippen LogP contribution in [-0.4, -0.2) is 5.21 Å². The van der Waals surface area contributed by atoms with Crippen LogP contribution in [0.15, 0.2) is 12.1 Å². The Morgan fingerprint density at radius 3 is 2.91 bits per heavy atom. The van der Waals surface area contributed by atoms with E-state index < -0.39 is 5.50 Å². The van der Waals surface area contributed by atoms with Crippen molar-refractivity contribution < 1.29 is 5.21 Å². The normalized spacial score (nSPS) is 13.4. The minimum absolute atomic E-state index is 0.472. The molecular formula is C7H10ClNOS. The molecule has 0 saturated carbocycles. The maximum absolute atomic E-state index is 8.49. The average molecular weight is 192 g/mol. The summed E-state index contributed by atoms with van der Waals surface area (Å²) in [5.74, 6) is 0. The first-order valence-electron chi connectivity index (χ1n) is 3.40. The van der Waals surface area contributed by atoms with E-state index in [-0.39, 0.29) is 0 Å². The molecule has 0 aliphatic carbocycles. The molecule has 0 fully saturated rings. The van der Waals surface area contributed by atoms with Gasteiger partial charge in [-0.05, 0) is 18.6 Å². The van der Waals surface area contributed by atoms with Crippen LogP contribution in [-0.2, 0) is 6.42 Å². The van der Waals surface area contributed by atoms with Crippen LogP contribution in [0.2, 0.25) is 0 Å². The molecule has 62 valence electrons. The molecule has 1 unspecified atom stereocenters. The minimum atomic E-state index is -0.472. The Balaban J connectivity index is 2.71. The van der Waals surface area contributed by atoms with Crippen molar-refractivity contribution in [2.45, 2.75) is 18.8 Å². The second-order valence-electron chi connectivity index (χ2n) is 2.15. The first kappa shape index (κ1) is 9.00. The van der Waals surface area contributed by atoms with Gasteiger partial charge in [0.05, 0.1) is 0 Å². The minimum Gasteiger partial charge on any atom is -0.315 e. The molecule has 0 saturated heterocycles. The summed E-state index contributed by atoms with van der Waals surface area (Å²) in [5.41, 5.74) is 1.52. The number of hydrogen-bond donors (Lipinski definition) is 2. The smallest absolute Gasteiger partial charge is 0.140 e. The predicted octanol–water partition coefficient (Wildman–Crippen LogP) is 2.53. The van der Waals surface area contributed by atoms with Crippen LogP contribution in [0.25, 0.3) is 0 Å². The van der Waals surface area contributed by atoms with Crippen molar-refractivity contribution in [1.82, 2.24) is 5.48 Å². The summed E-state index contributed by atoms with van der Waals surface area (Å²) in [6, 6.07) is 3.94. The summed E-state index contributed by atoms with van der Waals surface area (Å²) in [5, 5.41) is 8.49. The zero-order valence-corrected chi connectivity index (χ0v) is 7.75. The van der Waals surface area contributed by atoms with Gasteiger partial charge in [0.25, 0.3) is 0 Å². The number of halogens is 1. The standard InChI is InChI=1S/C7H10ClNOS/c1-2-5-3-4-6(11-5)7(8)9-10/h3-4,7,9-10H,2H2,1H3. The van der Waals surface area contributed by atoms with Crippen LogP contribution in [0.4, 0.5) is 0 Å². The van der Waals surface area contributed by atoms with Gasteiger partial charge in [0.15, 0.2) is 0 Å². The molecule has 4 heteroatoms. The van der Waals surface area contributed by atoms with E-state index in [0.29, 0.717) is 0 Å². The largest absolute Gasteiger partial charge is 0.315 e. The van der Waals surface area contributed by atoms with Crippen LogP contribution < -0.4 is 5.48 Å². The fourth-order valence-corrected chi connectivity index (χ4v) is 1.87. The Kier molecular flexibility index (Phi) is 3.33. The molecule has 0 aliphatic rings. The van der Waals surface area contributed by atoms with E-state index in [1.165, 1.54) is 4.88 Å². The van der Waals surface area contributed by atoms with Crippen molar-refractivity contribution in [3.8, 4) is 0 Å². The van der Waals surface area contributed by atoms with Gasteiger partial charge >= 0.3 is 0 Å². The monoisotopic (exact) mass is 191 g/mol. The molecule has 0 aromatic carbocycles. The number of aryl methyl sites for hydroxylation is 1. The van der Waals surface area contributed by atoms with Crippen molar-refractivity contribution >= 4 is 22.9 Å². The molecule has 2 nitrogen and oxygen atoms in total. The number of alkyl halides is 1. The molecule has 2 N–H and O–H groups in total. The SMILES string of the molecule is CCc1ccc(C(Cl)NO)s1. The van der Waals surface area contributed by atoms with E-state index in [2.05, 4.69) is 6.92 Å².